The number of nitrogens with zero attached hydrogens (tertiary/aromatic N) is 5. The van der Waals surface area contributed by atoms with Crippen LogP contribution >= 0.6 is 11.6 Å². The third kappa shape index (κ3) is 4.11. The quantitative estimate of drug-likeness (QED) is 0.587. The highest BCUT2D eigenvalue weighted by molar-refractivity contribution is 7.85. The van der Waals surface area contributed by atoms with E-state index in [-0.39, 0.29) is 6.54 Å². The zero-order valence-corrected chi connectivity index (χ0v) is 16.9. The van der Waals surface area contributed by atoms with Crippen LogP contribution in [0.2, 0.25) is 5.15 Å². The van der Waals surface area contributed by atoms with Crippen LogP contribution in [0.25, 0.3) is 16.7 Å². The van der Waals surface area contributed by atoms with E-state index >= 15 is 0 Å². The average Bonchev–Trinajstić information content (AvgIpc) is 3.20. The molecule has 0 saturated carbocycles. The first-order chi connectivity index (χ1) is 13.3. The van der Waals surface area contributed by atoms with Crippen LogP contribution < -0.4 is 0 Å². The topological polar surface area (TPSA) is 56.0 Å². The number of pyridine rings is 1. The summed E-state index contributed by atoms with van der Waals surface area (Å²) in [5, 5.41) is 5.09. The standard InChI is InChI=1S/C18H20ClF2N5OS/c1-24-11-14(9-22-24)26-10-13(15-2-3-16(19)23-17(15)26)8-18(20,21)12-25-4-6-28(27)7-5-25/h2-3,9-11H,4-8,12H2,1H3. The van der Waals surface area contributed by atoms with Gasteiger partial charge < -0.3 is 0 Å². The zero-order chi connectivity index (χ0) is 19.9. The fourth-order valence-corrected chi connectivity index (χ4v) is 4.78. The molecule has 4 heterocycles. The molecule has 6 nitrogen and oxygen atoms in total. The average molecular weight is 428 g/mol. The molecule has 4 rings (SSSR count). The number of alkyl halides is 2. The lowest BCUT2D eigenvalue weighted by Crippen LogP contribution is -2.45. The molecule has 1 saturated heterocycles. The van der Waals surface area contributed by atoms with E-state index in [1.165, 1.54) is 0 Å². The Kier molecular flexibility index (Phi) is 5.24. The zero-order valence-electron chi connectivity index (χ0n) is 15.3. The highest BCUT2D eigenvalue weighted by Gasteiger charge is 2.34. The highest BCUT2D eigenvalue weighted by atomic mass is 35.5. The molecule has 10 heteroatoms. The fourth-order valence-electron chi connectivity index (χ4n) is 3.51. The Morgan fingerprint density at radius 2 is 2.00 bits per heavy atom. The first-order valence-electron chi connectivity index (χ1n) is 8.91. The number of aromatic nitrogens is 4. The summed E-state index contributed by atoms with van der Waals surface area (Å²) in [5.74, 6) is -2.00. The summed E-state index contributed by atoms with van der Waals surface area (Å²) in [6.45, 7) is 0.540. The molecule has 28 heavy (non-hydrogen) atoms. The first-order valence-corrected chi connectivity index (χ1v) is 10.8. The van der Waals surface area contributed by atoms with Crippen molar-refractivity contribution < 1.29 is 13.0 Å². The smallest absolute Gasteiger partial charge is 0.264 e. The molecule has 0 unspecified atom stereocenters. The fraction of sp³-hybridized carbons (Fsp3) is 0.444. The lowest BCUT2D eigenvalue weighted by molar-refractivity contribution is -0.0293. The van der Waals surface area contributed by atoms with Crippen LogP contribution in [0.5, 0.6) is 0 Å². The first kappa shape index (κ1) is 19.5. The predicted octanol–water partition coefficient (Wildman–Crippen LogP) is 2.65. The Balaban J connectivity index is 1.64. The highest BCUT2D eigenvalue weighted by Crippen LogP contribution is 2.30. The van der Waals surface area contributed by atoms with Gasteiger partial charge in [-0.1, -0.05) is 11.6 Å². The van der Waals surface area contributed by atoms with Crippen molar-refractivity contribution in [2.24, 2.45) is 7.05 Å². The molecule has 0 bridgehead atoms. The van der Waals surface area contributed by atoms with E-state index in [4.69, 9.17) is 11.6 Å². The van der Waals surface area contributed by atoms with Crippen molar-refractivity contribution >= 4 is 33.4 Å². The van der Waals surface area contributed by atoms with E-state index in [0.29, 0.717) is 46.3 Å². The summed E-state index contributed by atoms with van der Waals surface area (Å²) in [6, 6.07) is 3.34. The Morgan fingerprint density at radius 3 is 2.68 bits per heavy atom. The third-order valence-corrected chi connectivity index (χ3v) is 6.33. The van der Waals surface area contributed by atoms with Gasteiger partial charge in [-0.15, -0.1) is 0 Å². The predicted molar refractivity (Wildman–Crippen MR) is 106 cm³/mol. The van der Waals surface area contributed by atoms with Crippen LogP contribution in [-0.2, 0) is 24.3 Å². The second-order valence-electron chi connectivity index (χ2n) is 7.06. The summed E-state index contributed by atoms with van der Waals surface area (Å²) < 4.78 is 44.5. The molecule has 0 spiro atoms. The lowest BCUT2D eigenvalue weighted by Gasteiger charge is -2.29. The van der Waals surface area contributed by atoms with Crippen molar-refractivity contribution in [2.45, 2.75) is 12.3 Å². The Hall–Kier alpha value is -1.84. The third-order valence-electron chi connectivity index (χ3n) is 4.84. The maximum absolute atomic E-state index is 14.8. The van der Waals surface area contributed by atoms with Crippen LogP contribution in [0.1, 0.15) is 5.56 Å². The van der Waals surface area contributed by atoms with Gasteiger partial charge in [0.05, 0.1) is 18.4 Å². The molecule has 3 aromatic heterocycles. The van der Waals surface area contributed by atoms with E-state index in [2.05, 4.69) is 10.1 Å². The summed E-state index contributed by atoms with van der Waals surface area (Å²) in [5.41, 5.74) is 1.77. The number of halogens is 3. The molecule has 0 N–H and O–H groups in total. The minimum Gasteiger partial charge on any atom is -0.298 e. The van der Waals surface area contributed by atoms with Gasteiger partial charge in [-0.05, 0) is 17.7 Å². The largest absolute Gasteiger partial charge is 0.298 e. The van der Waals surface area contributed by atoms with Gasteiger partial charge in [-0.2, -0.15) is 5.10 Å². The molecule has 150 valence electrons. The van der Waals surface area contributed by atoms with Gasteiger partial charge in [0.1, 0.15) is 10.8 Å². The van der Waals surface area contributed by atoms with E-state index in [1.807, 2.05) is 0 Å². The molecule has 0 amide bonds. The van der Waals surface area contributed by atoms with Gasteiger partial charge in [0.15, 0.2) is 0 Å². The van der Waals surface area contributed by atoms with E-state index < -0.39 is 23.1 Å². The van der Waals surface area contributed by atoms with Crippen molar-refractivity contribution in [1.29, 1.82) is 0 Å². The van der Waals surface area contributed by atoms with E-state index in [1.54, 1.807) is 51.9 Å². The molecule has 1 fully saturated rings. The number of hydrogen-bond acceptors (Lipinski definition) is 4. The number of aryl methyl sites for hydroxylation is 1. The van der Waals surface area contributed by atoms with Crippen molar-refractivity contribution in [3.8, 4) is 5.69 Å². The van der Waals surface area contributed by atoms with Crippen LogP contribution in [0.3, 0.4) is 0 Å². The van der Waals surface area contributed by atoms with Crippen molar-refractivity contribution in [2.75, 3.05) is 31.1 Å². The molecule has 0 radical (unpaired) electrons. The van der Waals surface area contributed by atoms with Gasteiger partial charge in [0.25, 0.3) is 5.92 Å². The second-order valence-corrected chi connectivity index (χ2v) is 9.14. The van der Waals surface area contributed by atoms with Crippen LogP contribution in [0.15, 0.2) is 30.7 Å². The van der Waals surface area contributed by atoms with Gasteiger partial charge in [0, 0.05) is 66.6 Å². The SMILES string of the molecule is Cn1cc(-n2cc(CC(F)(F)CN3CCS(=O)CC3)c3ccc(Cl)nc32)cn1. The Morgan fingerprint density at radius 1 is 1.25 bits per heavy atom. The lowest BCUT2D eigenvalue weighted by atomic mass is 10.1. The monoisotopic (exact) mass is 427 g/mol. The van der Waals surface area contributed by atoms with E-state index in [9.17, 15) is 13.0 Å². The van der Waals surface area contributed by atoms with Gasteiger partial charge in [-0.25, -0.2) is 13.8 Å². The van der Waals surface area contributed by atoms with Crippen LogP contribution in [0, 0.1) is 0 Å². The molecule has 0 aliphatic carbocycles. The van der Waals surface area contributed by atoms with Crippen molar-refractivity contribution in [3.05, 3.63) is 41.4 Å². The molecule has 1 aliphatic heterocycles. The van der Waals surface area contributed by atoms with Crippen molar-refractivity contribution in [1.82, 2.24) is 24.2 Å². The maximum atomic E-state index is 14.8. The molecule has 3 aromatic rings. The summed E-state index contributed by atoms with van der Waals surface area (Å²) >= 11 is 6.04. The normalized spacial score (nSPS) is 16.9. The summed E-state index contributed by atoms with van der Waals surface area (Å²) in [6.07, 6.45) is 4.72. The Labute approximate surface area is 168 Å². The molecule has 0 atom stereocenters. The maximum Gasteiger partial charge on any atom is 0.264 e. The summed E-state index contributed by atoms with van der Waals surface area (Å²) in [7, 11) is 0.905. The van der Waals surface area contributed by atoms with Gasteiger partial charge in [-0.3, -0.25) is 18.4 Å². The molecule has 1 aliphatic rings. The molecular formula is C18H20ClF2N5OS. The molecular weight excluding hydrogens is 408 g/mol. The Bertz CT molecular complexity index is 1020. The number of fused-ring (bicyclic) bond motifs is 1. The summed E-state index contributed by atoms with van der Waals surface area (Å²) in [4.78, 5) is 6.03. The minimum atomic E-state index is -2.91. The van der Waals surface area contributed by atoms with E-state index in [0.717, 1.165) is 5.69 Å². The molecule has 0 aromatic carbocycles. The second kappa shape index (κ2) is 7.53. The minimum absolute atomic E-state index is 0.301. The van der Waals surface area contributed by atoms with Gasteiger partial charge in [0.2, 0.25) is 0 Å². The van der Waals surface area contributed by atoms with Crippen LogP contribution in [0.4, 0.5) is 8.78 Å². The van der Waals surface area contributed by atoms with Crippen LogP contribution in [-0.4, -0.2) is 65.5 Å². The number of hydrogen-bond donors (Lipinski definition) is 0. The van der Waals surface area contributed by atoms with Crippen molar-refractivity contribution in [3.63, 3.8) is 0 Å². The number of rotatable bonds is 5. The van der Waals surface area contributed by atoms with Gasteiger partial charge >= 0.3 is 0 Å².